The van der Waals surface area contributed by atoms with Crippen LogP contribution in [0.5, 0.6) is 23.0 Å². The standard InChI is InChI=1S/C27H24N2O7/c1-33-20-11-9-19(10-12-20)29-26(31)22(25(30)28-27(29)32)16-18-8-13-23(24(17-18)34-2)36-15-14-35-21-6-4-3-5-7-21/h3-13,16-17H,14-15H2,1-2H3,(H,28,30,32). The number of methoxy groups -OCH3 is 2. The molecule has 9 nitrogen and oxygen atoms in total. The van der Waals surface area contributed by atoms with E-state index in [4.69, 9.17) is 18.9 Å². The molecule has 1 saturated heterocycles. The highest BCUT2D eigenvalue weighted by Gasteiger charge is 2.36. The van der Waals surface area contributed by atoms with Crippen molar-refractivity contribution in [3.05, 3.63) is 83.9 Å². The van der Waals surface area contributed by atoms with Gasteiger partial charge in [-0.05, 0) is 60.2 Å². The number of benzene rings is 3. The van der Waals surface area contributed by atoms with Gasteiger partial charge in [-0.3, -0.25) is 14.9 Å². The molecule has 0 radical (unpaired) electrons. The minimum absolute atomic E-state index is 0.197. The lowest BCUT2D eigenvalue weighted by Gasteiger charge is -2.26. The van der Waals surface area contributed by atoms with Crippen LogP contribution in [0.25, 0.3) is 6.08 Å². The summed E-state index contributed by atoms with van der Waals surface area (Å²) in [4.78, 5) is 38.9. The van der Waals surface area contributed by atoms with Gasteiger partial charge in [-0.1, -0.05) is 24.3 Å². The van der Waals surface area contributed by atoms with Gasteiger partial charge in [-0.25, -0.2) is 9.69 Å². The quantitative estimate of drug-likeness (QED) is 0.277. The van der Waals surface area contributed by atoms with Crippen molar-refractivity contribution in [2.24, 2.45) is 0 Å². The summed E-state index contributed by atoms with van der Waals surface area (Å²) in [5.74, 6) is 0.670. The first-order valence-corrected chi connectivity index (χ1v) is 11.0. The first-order chi connectivity index (χ1) is 17.5. The highest BCUT2D eigenvalue weighted by atomic mass is 16.5. The topological polar surface area (TPSA) is 103 Å². The monoisotopic (exact) mass is 488 g/mol. The summed E-state index contributed by atoms with van der Waals surface area (Å²) in [6.07, 6.45) is 1.39. The van der Waals surface area contributed by atoms with Crippen LogP contribution in [0.4, 0.5) is 10.5 Å². The second kappa shape index (κ2) is 11.1. The first kappa shape index (κ1) is 24.3. The molecule has 0 aromatic heterocycles. The third kappa shape index (κ3) is 5.47. The van der Waals surface area contributed by atoms with Crippen LogP contribution >= 0.6 is 0 Å². The predicted octanol–water partition coefficient (Wildman–Crippen LogP) is 3.83. The van der Waals surface area contributed by atoms with E-state index in [1.165, 1.54) is 20.3 Å². The van der Waals surface area contributed by atoms with Gasteiger partial charge in [-0.2, -0.15) is 0 Å². The van der Waals surface area contributed by atoms with Gasteiger partial charge in [0.25, 0.3) is 11.8 Å². The van der Waals surface area contributed by atoms with E-state index in [0.717, 1.165) is 10.6 Å². The summed E-state index contributed by atoms with van der Waals surface area (Å²) < 4.78 is 21.9. The van der Waals surface area contributed by atoms with Gasteiger partial charge in [0.15, 0.2) is 11.5 Å². The Labute approximate surface area is 207 Å². The second-order valence-electron chi connectivity index (χ2n) is 7.58. The maximum Gasteiger partial charge on any atom is 0.335 e. The van der Waals surface area contributed by atoms with E-state index >= 15 is 0 Å². The van der Waals surface area contributed by atoms with Gasteiger partial charge >= 0.3 is 6.03 Å². The zero-order chi connectivity index (χ0) is 25.5. The van der Waals surface area contributed by atoms with Crippen molar-refractivity contribution in [3.8, 4) is 23.0 Å². The fourth-order valence-electron chi connectivity index (χ4n) is 3.51. The summed E-state index contributed by atoms with van der Waals surface area (Å²) in [5, 5.41) is 2.20. The van der Waals surface area contributed by atoms with Crippen molar-refractivity contribution in [1.29, 1.82) is 0 Å². The minimum Gasteiger partial charge on any atom is -0.497 e. The lowest BCUT2D eigenvalue weighted by Crippen LogP contribution is -2.54. The van der Waals surface area contributed by atoms with E-state index in [1.54, 1.807) is 42.5 Å². The third-order valence-corrected chi connectivity index (χ3v) is 5.28. The molecular formula is C27H24N2O7. The molecule has 0 atom stereocenters. The number of hydrogen-bond acceptors (Lipinski definition) is 7. The van der Waals surface area contributed by atoms with E-state index in [9.17, 15) is 14.4 Å². The number of amides is 4. The highest BCUT2D eigenvalue weighted by Crippen LogP contribution is 2.30. The molecule has 9 heteroatoms. The molecule has 0 aliphatic carbocycles. The van der Waals surface area contributed by atoms with Crippen LogP contribution in [0.1, 0.15) is 5.56 Å². The van der Waals surface area contributed by atoms with Crippen LogP contribution in [0.3, 0.4) is 0 Å². The Hall–Kier alpha value is -4.79. The molecular weight excluding hydrogens is 464 g/mol. The van der Waals surface area contributed by atoms with Crippen molar-refractivity contribution in [1.82, 2.24) is 5.32 Å². The van der Waals surface area contributed by atoms with Gasteiger partial charge in [0.2, 0.25) is 0 Å². The zero-order valence-corrected chi connectivity index (χ0v) is 19.7. The predicted molar refractivity (Wildman–Crippen MR) is 132 cm³/mol. The third-order valence-electron chi connectivity index (χ3n) is 5.28. The van der Waals surface area contributed by atoms with Crippen LogP contribution < -0.4 is 29.2 Å². The van der Waals surface area contributed by atoms with Crippen molar-refractivity contribution in [3.63, 3.8) is 0 Å². The molecule has 0 spiro atoms. The van der Waals surface area contributed by atoms with Crippen molar-refractivity contribution in [2.75, 3.05) is 32.3 Å². The highest BCUT2D eigenvalue weighted by molar-refractivity contribution is 6.39. The number of nitrogens with one attached hydrogen (secondary N) is 1. The van der Waals surface area contributed by atoms with Crippen molar-refractivity contribution < 1.29 is 33.3 Å². The Kier molecular flexibility index (Phi) is 7.50. The number of nitrogens with zero attached hydrogens (tertiary/aromatic N) is 1. The minimum atomic E-state index is -0.827. The van der Waals surface area contributed by atoms with Crippen molar-refractivity contribution >= 4 is 29.6 Å². The normalized spacial score (nSPS) is 14.4. The lowest BCUT2D eigenvalue weighted by molar-refractivity contribution is -0.122. The smallest absolute Gasteiger partial charge is 0.335 e. The second-order valence-corrected chi connectivity index (χ2v) is 7.58. The maximum atomic E-state index is 13.1. The Balaban J connectivity index is 1.49. The Morgan fingerprint density at radius 1 is 0.778 bits per heavy atom. The number of anilines is 1. The summed E-state index contributed by atoms with van der Waals surface area (Å²) in [6.45, 7) is 0.619. The molecule has 184 valence electrons. The lowest BCUT2D eigenvalue weighted by atomic mass is 10.1. The van der Waals surface area contributed by atoms with Gasteiger partial charge in [-0.15, -0.1) is 0 Å². The molecule has 1 N–H and O–H groups in total. The molecule has 1 aliphatic heterocycles. The van der Waals surface area contributed by atoms with Crippen LogP contribution in [0.2, 0.25) is 0 Å². The molecule has 4 amide bonds. The largest absolute Gasteiger partial charge is 0.497 e. The molecule has 36 heavy (non-hydrogen) atoms. The number of ether oxygens (including phenoxy) is 4. The molecule has 1 aliphatic rings. The van der Waals surface area contributed by atoms with Gasteiger partial charge in [0.1, 0.15) is 30.3 Å². The van der Waals surface area contributed by atoms with Crippen LogP contribution in [0, 0.1) is 0 Å². The summed E-state index contributed by atoms with van der Waals surface area (Å²) in [5.41, 5.74) is 0.621. The average Bonchev–Trinajstić information content (AvgIpc) is 2.90. The summed E-state index contributed by atoms with van der Waals surface area (Å²) in [6, 6.07) is 19.9. The molecule has 1 fully saturated rings. The van der Waals surface area contributed by atoms with Gasteiger partial charge < -0.3 is 18.9 Å². The van der Waals surface area contributed by atoms with Crippen molar-refractivity contribution in [2.45, 2.75) is 0 Å². The number of barbiturate groups is 1. The molecule has 3 aromatic rings. The van der Waals surface area contributed by atoms with Gasteiger partial charge in [0, 0.05) is 0 Å². The van der Waals surface area contributed by atoms with E-state index < -0.39 is 17.8 Å². The summed E-state index contributed by atoms with van der Waals surface area (Å²) >= 11 is 0. The average molecular weight is 488 g/mol. The van der Waals surface area contributed by atoms with Gasteiger partial charge in [0.05, 0.1) is 19.9 Å². The summed E-state index contributed by atoms with van der Waals surface area (Å²) in [7, 11) is 3.00. The number of imide groups is 2. The fraction of sp³-hybridized carbons (Fsp3) is 0.148. The van der Waals surface area contributed by atoms with E-state index in [0.29, 0.717) is 35.1 Å². The Morgan fingerprint density at radius 3 is 2.19 bits per heavy atom. The molecule has 0 bridgehead atoms. The zero-order valence-electron chi connectivity index (χ0n) is 19.7. The molecule has 1 heterocycles. The number of para-hydroxylation sites is 1. The number of urea groups is 1. The molecule has 0 saturated carbocycles. The first-order valence-electron chi connectivity index (χ1n) is 11.0. The molecule has 3 aromatic carbocycles. The van der Waals surface area contributed by atoms with E-state index in [2.05, 4.69) is 5.32 Å². The SMILES string of the molecule is COc1ccc(N2C(=O)NC(=O)C(=Cc3ccc(OCCOc4ccccc4)c(OC)c3)C2=O)cc1. The maximum absolute atomic E-state index is 13.1. The number of carbonyl (C=O) groups is 3. The molecule has 4 rings (SSSR count). The van der Waals surface area contributed by atoms with Crippen LogP contribution in [-0.2, 0) is 9.59 Å². The Morgan fingerprint density at radius 2 is 1.50 bits per heavy atom. The van der Waals surface area contributed by atoms with Crippen LogP contribution in [-0.4, -0.2) is 45.3 Å². The number of hydrogen-bond donors (Lipinski definition) is 1. The van der Waals surface area contributed by atoms with E-state index in [-0.39, 0.29) is 12.2 Å². The fourth-order valence-corrected chi connectivity index (χ4v) is 3.51. The Bertz CT molecular complexity index is 1290. The van der Waals surface area contributed by atoms with E-state index in [1.807, 2.05) is 30.3 Å². The number of carbonyl (C=O) groups excluding carboxylic acids is 3. The van der Waals surface area contributed by atoms with Crippen LogP contribution in [0.15, 0.2) is 78.4 Å². The number of rotatable bonds is 9. The molecule has 0 unspecified atom stereocenters.